The summed E-state index contributed by atoms with van der Waals surface area (Å²) in [4.78, 5) is 0. The zero-order valence-electron chi connectivity index (χ0n) is 11.7. The molecule has 0 aliphatic carbocycles. The third-order valence-corrected chi connectivity index (χ3v) is 3.23. The molecule has 1 aromatic carbocycles. The Bertz CT molecular complexity index is 485. The van der Waals surface area contributed by atoms with Crippen molar-refractivity contribution in [2.24, 2.45) is 0 Å². The van der Waals surface area contributed by atoms with E-state index in [9.17, 15) is 17.6 Å². The molecule has 1 rings (SSSR count). The van der Waals surface area contributed by atoms with Gasteiger partial charge in [0.15, 0.2) is 11.5 Å². The number of halogens is 5. The van der Waals surface area contributed by atoms with E-state index in [4.69, 9.17) is 21.1 Å². The van der Waals surface area contributed by atoms with Crippen LogP contribution in [0.2, 0.25) is 5.02 Å². The van der Waals surface area contributed by atoms with Crippen molar-refractivity contribution in [1.82, 2.24) is 5.32 Å². The number of alkyl halides is 4. The van der Waals surface area contributed by atoms with E-state index in [2.05, 4.69) is 5.32 Å². The summed E-state index contributed by atoms with van der Waals surface area (Å²) in [6, 6.07) is 0.488. The van der Waals surface area contributed by atoms with Crippen molar-refractivity contribution in [2.75, 3.05) is 20.8 Å². The summed E-state index contributed by atoms with van der Waals surface area (Å²) in [5.41, 5.74) is -0.179. The topological polar surface area (TPSA) is 30.5 Å². The van der Waals surface area contributed by atoms with E-state index in [1.54, 1.807) is 0 Å². The zero-order valence-corrected chi connectivity index (χ0v) is 12.5. The van der Waals surface area contributed by atoms with Crippen LogP contribution in [0, 0.1) is 0 Å². The van der Waals surface area contributed by atoms with E-state index in [-0.39, 0.29) is 28.6 Å². The van der Waals surface area contributed by atoms with Crippen LogP contribution in [0.3, 0.4) is 0 Å². The molecule has 0 aromatic heterocycles. The lowest BCUT2D eigenvalue weighted by atomic mass is 9.99. The Balaban J connectivity index is 3.38. The third-order valence-electron chi connectivity index (χ3n) is 2.90. The second kappa shape index (κ2) is 7.17. The summed E-state index contributed by atoms with van der Waals surface area (Å²) in [6.45, 7) is 1.60. The van der Waals surface area contributed by atoms with Crippen LogP contribution in [0.25, 0.3) is 0 Å². The minimum absolute atomic E-state index is 0.0671. The molecule has 0 fully saturated rings. The van der Waals surface area contributed by atoms with Gasteiger partial charge in [-0.1, -0.05) is 18.5 Å². The van der Waals surface area contributed by atoms with Crippen molar-refractivity contribution in [1.29, 1.82) is 0 Å². The van der Waals surface area contributed by atoms with Crippen LogP contribution in [0.5, 0.6) is 11.5 Å². The SMILES string of the molecule is CCNC(c1cc(OC)c(OC)cc1Cl)C(F)(F)C(F)F. The molecule has 0 spiro atoms. The van der Waals surface area contributed by atoms with Gasteiger partial charge in [0.1, 0.15) is 6.04 Å². The first-order chi connectivity index (χ1) is 9.79. The van der Waals surface area contributed by atoms with Gasteiger partial charge in [-0.3, -0.25) is 0 Å². The molecule has 0 amide bonds. The fraction of sp³-hybridized carbons (Fsp3) is 0.538. The molecule has 0 heterocycles. The first kappa shape index (κ1) is 17.8. The van der Waals surface area contributed by atoms with Gasteiger partial charge in [-0.2, -0.15) is 8.78 Å². The summed E-state index contributed by atoms with van der Waals surface area (Å²) in [6.07, 6.45) is -3.83. The van der Waals surface area contributed by atoms with Gasteiger partial charge in [-0.15, -0.1) is 0 Å². The molecule has 8 heteroatoms. The van der Waals surface area contributed by atoms with Gasteiger partial charge < -0.3 is 14.8 Å². The molecular weight excluding hydrogens is 314 g/mol. The third kappa shape index (κ3) is 3.71. The summed E-state index contributed by atoms with van der Waals surface area (Å²) >= 11 is 5.92. The van der Waals surface area contributed by atoms with Gasteiger partial charge in [0.05, 0.1) is 14.2 Å². The molecule has 1 aromatic rings. The lowest BCUT2D eigenvalue weighted by molar-refractivity contribution is -0.151. The zero-order chi connectivity index (χ0) is 16.2. The normalized spacial score (nSPS) is 13.4. The Hall–Kier alpha value is -1.21. The van der Waals surface area contributed by atoms with Crippen LogP contribution in [0.4, 0.5) is 17.6 Å². The number of nitrogens with one attached hydrogen (secondary N) is 1. The Labute approximate surface area is 125 Å². The maximum atomic E-state index is 13.7. The first-order valence-electron chi connectivity index (χ1n) is 6.10. The van der Waals surface area contributed by atoms with Crippen LogP contribution in [0.1, 0.15) is 18.5 Å². The van der Waals surface area contributed by atoms with E-state index in [0.717, 1.165) is 0 Å². The van der Waals surface area contributed by atoms with Crippen LogP contribution in [-0.2, 0) is 0 Å². The van der Waals surface area contributed by atoms with E-state index in [1.807, 2.05) is 0 Å². The van der Waals surface area contributed by atoms with Crippen LogP contribution in [0.15, 0.2) is 12.1 Å². The minimum atomic E-state index is -4.28. The quantitative estimate of drug-likeness (QED) is 0.769. The molecule has 1 unspecified atom stereocenters. The molecule has 0 saturated carbocycles. The van der Waals surface area contributed by atoms with Crippen LogP contribution >= 0.6 is 11.6 Å². The average Bonchev–Trinajstić information content (AvgIpc) is 2.44. The number of rotatable bonds is 7. The predicted molar refractivity (Wildman–Crippen MR) is 71.9 cm³/mol. The van der Waals surface area contributed by atoms with Gasteiger partial charge in [0.25, 0.3) is 0 Å². The highest BCUT2D eigenvalue weighted by molar-refractivity contribution is 6.31. The Morgan fingerprint density at radius 3 is 2.14 bits per heavy atom. The van der Waals surface area contributed by atoms with E-state index >= 15 is 0 Å². The molecule has 3 nitrogen and oxygen atoms in total. The minimum Gasteiger partial charge on any atom is -0.493 e. The van der Waals surface area contributed by atoms with E-state index in [0.29, 0.717) is 0 Å². The highest BCUT2D eigenvalue weighted by Gasteiger charge is 2.50. The molecule has 0 aliphatic heterocycles. The standard InChI is InChI=1S/C13H16ClF4NO2/c1-4-19-11(13(17,18)12(15)16)7-5-9(20-2)10(21-3)6-8(7)14/h5-6,11-12,19H,4H2,1-3H3. The van der Waals surface area contributed by atoms with Crippen molar-refractivity contribution in [3.63, 3.8) is 0 Å². The van der Waals surface area contributed by atoms with Crippen molar-refractivity contribution < 1.29 is 27.0 Å². The number of ether oxygens (including phenoxy) is 2. The molecule has 1 N–H and O–H groups in total. The van der Waals surface area contributed by atoms with Gasteiger partial charge in [0, 0.05) is 11.1 Å². The number of benzene rings is 1. The fourth-order valence-corrected chi connectivity index (χ4v) is 2.14. The van der Waals surface area contributed by atoms with E-state index < -0.39 is 18.4 Å². The van der Waals surface area contributed by atoms with Crippen molar-refractivity contribution >= 4 is 11.6 Å². The molecule has 120 valence electrons. The first-order valence-corrected chi connectivity index (χ1v) is 6.48. The van der Waals surface area contributed by atoms with Crippen molar-refractivity contribution in [3.8, 4) is 11.5 Å². The summed E-state index contributed by atoms with van der Waals surface area (Å²) < 4.78 is 62.7. The Morgan fingerprint density at radius 1 is 1.19 bits per heavy atom. The van der Waals surface area contributed by atoms with Gasteiger partial charge >= 0.3 is 12.3 Å². The predicted octanol–water partition coefficient (Wildman–Crippen LogP) is 3.91. The molecular formula is C13H16ClF4NO2. The van der Waals surface area contributed by atoms with Crippen LogP contribution < -0.4 is 14.8 Å². The average molecular weight is 330 g/mol. The van der Waals surface area contributed by atoms with Gasteiger partial charge in [-0.25, -0.2) is 8.78 Å². The molecule has 0 aliphatic rings. The summed E-state index contributed by atoms with van der Waals surface area (Å²) in [7, 11) is 2.66. The summed E-state index contributed by atoms with van der Waals surface area (Å²) in [5.74, 6) is -3.93. The van der Waals surface area contributed by atoms with Gasteiger partial charge in [-0.05, 0) is 18.2 Å². The smallest absolute Gasteiger partial charge is 0.326 e. The van der Waals surface area contributed by atoms with Crippen molar-refractivity contribution in [3.05, 3.63) is 22.7 Å². The Kier molecular flexibility index (Phi) is 6.10. The number of methoxy groups -OCH3 is 2. The van der Waals surface area contributed by atoms with Crippen LogP contribution in [-0.4, -0.2) is 33.1 Å². The largest absolute Gasteiger partial charge is 0.493 e. The maximum absolute atomic E-state index is 13.7. The molecule has 21 heavy (non-hydrogen) atoms. The highest BCUT2D eigenvalue weighted by Crippen LogP contribution is 2.43. The highest BCUT2D eigenvalue weighted by atomic mass is 35.5. The van der Waals surface area contributed by atoms with Gasteiger partial charge in [0.2, 0.25) is 0 Å². The number of hydrogen-bond acceptors (Lipinski definition) is 3. The van der Waals surface area contributed by atoms with E-state index in [1.165, 1.54) is 33.3 Å². The molecule has 0 radical (unpaired) electrons. The fourth-order valence-electron chi connectivity index (χ4n) is 1.87. The molecule has 0 bridgehead atoms. The van der Waals surface area contributed by atoms with Crippen molar-refractivity contribution in [2.45, 2.75) is 25.3 Å². The summed E-state index contributed by atoms with van der Waals surface area (Å²) in [5, 5.41) is 2.23. The molecule has 0 saturated heterocycles. The number of hydrogen-bond donors (Lipinski definition) is 1. The lowest BCUT2D eigenvalue weighted by Crippen LogP contribution is -2.42. The second-order valence-electron chi connectivity index (χ2n) is 4.19. The molecule has 1 atom stereocenters. The lowest BCUT2D eigenvalue weighted by Gasteiger charge is -2.28. The monoisotopic (exact) mass is 329 g/mol. The Morgan fingerprint density at radius 2 is 1.71 bits per heavy atom. The maximum Gasteiger partial charge on any atom is 0.326 e. The second-order valence-corrected chi connectivity index (χ2v) is 4.60.